The summed E-state index contributed by atoms with van der Waals surface area (Å²) in [6.07, 6.45) is 1.47. The van der Waals surface area contributed by atoms with Gasteiger partial charge in [0.25, 0.3) is 0 Å². The highest BCUT2D eigenvalue weighted by Gasteiger charge is 2.12. The van der Waals surface area contributed by atoms with Gasteiger partial charge in [-0.2, -0.15) is 0 Å². The molecular formula is C15H23NO2. The molecule has 0 aliphatic heterocycles. The van der Waals surface area contributed by atoms with E-state index in [9.17, 15) is 4.79 Å². The molecule has 1 aromatic rings. The van der Waals surface area contributed by atoms with Gasteiger partial charge >= 0.3 is 5.97 Å². The minimum Gasteiger partial charge on any atom is -0.469 e. The monoisotopic (exact) mass is 249 g/mol. The third-order valence-corrected chi connectivity index (χ3v) is 3.44. The number of carbonyl (C=O) groups is 1. The van der Waals surface area contributed by atoms with Crippen molar-refractivity contribution in [3.63, 3.8) is 0 Å². The van der Waals surface area contributed by atoms with E-state index in [0.717, 1.165) is 18.5 Å². The molecule has 1 atom stereocenters. The predicted molar refractivity (Wildman–Crippen MR) is 73.4 cm³/mol. The summed E-state index contributed by atoms with van der Waals surface area (Å²) in [5.41, 5.74) is 2.25. The van der Waals surface area contributed by atoms with Gasteiger partial charge in [-0.25, -0.2) is 0 Å². The van der Waals surface area contributed by atoms with Gasteiger partial charge < -0.3 is 4.74 Å². The second-order valence-electron chi connectivity index (χ2n) is 4.69. The molecule has 1 aromatic carbocycles. The first-order valence-corrected chi connectivity index (χ1v) is 6.42. The van der Waals surface area contributed by atoms with Gasteiger partial charge in [-0.3, -0.25) is 9.69 Å². The van der Waals surface area contributed by atoms with Crippen LogP contribution in [-0.2, 0) is 22.5 Å². The molecular weight excluding hydrogens is 226 g/mol. The van der Waals surface area contributed by atoms with Gasteiger partial charge in [0, 0.05) is 12.6 Å². The first-order chi connectivity index (χ1) is 8.58. The van der Waals surface area contributed by atoms with Crippen LogP contribution in [0.5, 0.6) is 0 Å². The summed E-state index contributed by atoms with van der Waals surface area (Å²) in [6, 6.07) is 8.59. The number of ether oxygens (including phenoxy) is 1. The number of esters is 1. The average Bonchev–Trinajstić information content (AvgIpc) is 2.39. The van der Waals surface area contributed by atoms with Crippen LogP contribution < -0.4 is 0 Å². The first-order valence-electron chi connectivity index (χ1n) is 6.42. The molecule has 0 bridgehead atoms. The number of carbonyl (C=O) groups excluding carboxylic acids is 1. The molecule has 1 rings (SSSR count). The number of hydrogen-bond acceptors (Lipinski definition) is 3. The quantitative estimate of drug-likeness (QED) is 0.726. The second kappa shape index (κ2) is 7.17. The molecule has 0 aliphatic rings. The number of methoxy groups -OCH3 is 1. The molecule has 0 aromatic heterocycles. The Morgan fingerprint density at radius 1 is 1.33 bits per heavy atom. The van der Waals surface area contributed by atoms with Crippen LogP contribution in [0.3, 0.4) is 0 Å². The van der Waals surface area contributed by atoms with E-state index in [2.05, 4.69) is 31.9 Å². The van der Waals surface area contributed by atoms with Gasteiger partial charge in [-0.15, -0.1) is 0 Å². The smallest absolute Gasteiger partial charge is 0.309 e. The van der Waals surface area contributed by atoms with Gasteiger partial charge in [0.1, 0.15) is 0 Å². The van der Waals surface area contributed by atoms with Gasteiger partial charge in [0.2, 0.25) is 0 Å². The van der Waals surface area contributed by atoms with Crippen LogP contribution in [0, 0.1) is 0 Å². The van der Waals surface area contributed by atoms with Crippen LogP contribution in [0.25, 0.3) is 0 Å². The number of nitrogens with zero attached hydrogens (tertiary/aromatic N) is 1. The number of hydrogen-bond donors (Lipinski definition) is 0. The number of rotatable bonds is 6. The fourth-order valence-electron chi connectivity index (χ4n) is 1.85. The SMILES string of the molecule is CCC(C)N(C)Cc1ccccc1CC(=O)OC. The lowest BCUT2D eigenvalue weighted by Crippen LogP contribution is -2.28. The van der Waals surface area contributed by atoms with Crippen LogP contribution in [0.1, 0.15) is 31.4 Å². The van der Waals surface area contributed by atoms with E-state index in [1.165, 1.54) is 12.7 Å². The van der Waals surface area contributed by atoms with Crippen LogP contribution in [-0.4, -0.2) is 31.1 Å². The zero-order chi connectivity index (χ0) is 13.5. The van der Waals surface area contributed by atoms with Gasteiger partial charge in [-0.05, 0) is 31.5 Å². The Hall–Kier alpha value is -1.35. The van der Waals surface area contributed by atoms with Crippen molar-refractivity contribution in [2.45, 2.75) is 39.3 Å². The fourth-order valence-corrected chi connectivity index (χ4v) is 1.85. The van der Waals surface area contributed by atoms with E-state index in [-0.39, 0.29) is 5.97 Å². The van der Waals surface area contributed by atoms with Crippen molar-refractivity contribution in [3.8, 4) is 0 Å². The maximum absolute atomic E-state index is 11.4. The predicted octanol–water partition coefficient (Wildman–Crippen LogP) is 2.63. The third-order valence-electron chi connectivity index (χ3n) is 3.44. The highest BCUT2D eigenvalue weighted by Crippen LogP contribution is 2.14. The summed E-state index contributed by atoms with van der Waals surface area (Å²) in [5.74, 6) is -0.186. The van der Waals surface area contributed by atoms with Crippen molar-refractivity contribution >= 4 is 5.97 Å². The summed E-state index contributed by atoms with van der Waals surface area (Å²) < 4.78 is 4.73. The topological polar surface area (TPSA) is 29.5 Å². The molecule has 0 saturated heterocycles. The van der Waals surface area contributed by atoms with E-state index in [1.807, 2.05) is 18.2 Å². The van der Waals surface area contributed by atoms with Gasteiger partial charge in [0.05, 0.1) is 13.5 Å². The summed E-state index contributed by atoms with van der Waals surface area (Å²) in [4.78, 5) is 13.7. The lowest BCUT2D eigenvalue weighted by molar-refractivity contribution is -0.139. The Balaban J connectivity index is 2.78. The zero-order valence-electron chi connectivity index (χ0n) is 11.8. The van der Waals surface area contributed by atoms with Crippen LogP contribution >= 0.6 is 0 Å². The molecule has 0 saturated carbocycles. The molecule has 0 fully saturated rings. The second-order valence-corrected chi connectivity index (χ2v) is 4.69. The fraction of sp³-hybridized carbons (Fsp3) is 0.533. The van der Waals surface area contributed by atoms with Gasteiger partial charge in [-0.1, -0.05) is 31.2 Å². The minimum absolute atomic E-state index is 0.186. The molecule has 3 nitrogen and oxygen atoms in total. The Labute approximate surface area is 110 Å². The highest BCUT2D eigenvalue weighted by molar-refractivity contribution is 5.72. The van der Waals surface area contributed by atoms with Crippen LogP contribution in [0.2, 0.25) is 0 Å². The molecule has 0 amide bonds. The third kappa shape index (κ3) is 4.15. The van der Waals surface area contributed by atoms with Crippen molar-refractivity contribution in [2.75, 3.05) is 14.2 Å². The summed E-state index contributed by atoms with van der Waals surface area (Å²) in [6.45, 7) is 5.26. The van der Waals surface area contributed by atoms with Crippen molar-refractivity contribution in [3.05, 3.63) is 35.4 Å². The van der Waals surface area contributed by atoms with E-state index < -0.39 is 0 Å². The maximum Gasteiger partial charge on any atom is 0.309 e. The van der Waals surface area contributed by atoms with Gasteiger partial charge in [0.15, 0.2) is 0 Å². The summed E-state index contributed by atoms with van der Waals surface area (Å²) >= 11 is 0. The average molecular weight is 249 g/mol. The standard InChI is InChI=1S/C15H23NO2/c1-5-12(2)16(3)11-14-9-7-6-8-13(14)10-15(17)18-4/h6-9,12H,5,10-11H2,1-4H3. The molecule has 3 heteroatoms. The summed E-state index contributed by atoms with van der Waals surface area (Å²) in [5, 5.41) is 0. The van der Waals surface area contributed by atoms with Crippen molar-refractivity contribution < 1.29 is 9.53 Å². The lowest BCUT2D eigenvalue weighted by atomic mass is 10.0. The van der Waals surface area contributed by atoms with Crippen LogP contribution in [0.15, 0.2) is 24.3 Å². The van der Waals surface area contributed by atoms with E-state index >= 15 is 0 Å². The normalized spacial score (nSPS) is 12.5. The lowest BCUT2D eigenvalue weighted by Gasteiger charge is -2.24. The Morgan fingerprint density at radius 3 is 2.50 bits per heavy atom. The Bertz CT molecular complexity index is 390. The molecule has 0 aliphatic carbocycles. The Morgan fingerprint density at radius 2 is 1.94 bits per heavy atom. The van der Waals surface area contributed by atoms with Crippen LogP contribution in [0.4, 0.5) is 0 Å². The largest absolute Gasteiger partial charge is 0.469 e. The zero-order valence-corrected chi connectivity index (χ0v) is 11.8. The van der Waals surface area contributed by atoms with Crippen molar-refractivity contribution in [1.82, 2.24) is 4.90 Å². The summed E-state index contributed by atoms with van der Waals surface area (Å²) in [7, 11) is 3.54. The molecule has 100 valence electrons. The highest BCUT2D eigenvalue weighted by atomic mass is 16.5. The van der Waals surface area contributed by atoms with E-state index in [4.69, 9.17) is 4.74 Å². The minimum atomic E-state index is -0.186. The molecule has 1 unspecified atom stereocenters. The van der Waals surface area contributed by atoms with Crippen molar-refractivity contribution in [1.29, 1.82) is 0 Å². The number of benzene rings is 1. The maximum atomic E-state index is 11.4. The van der Waals surface area contributed by atoms with Crippen molar-refractivity contribution in [2.24, 2.45) is 0 Å². The molecule has 0 N–H and O–H groups in total. The molecule has 18 heavy (non-hydrogen) atoms. The van der Waals surface area contributed by atoms with E-state index in [0.29, 0.717) is 12.5 Å². The molecule has 0 heterocycles. The molecule has 0 spiro atoms. The Kier molecular flexibility index (Phi) is 5.86. The molecule has 0 radical (unpaired) electrons. The van der Waals surface area contributed by atoms with E-state index in [1.54, 1.807) is 0 Å². The first kappa shape index (κ1) is 14.7.